The van der Waals surface area contributed by atoms with Gasteiger partial charge in [0.05, 0.1) is 11.8 Å². The van der Waals surface area contributed by atoms with Crippen LogP contribution in [-0.4, -0.2) is 31.4 Å². The van der Waals surface area contributed by atoms with Crippen LogP contribution in [0.15, 0.2) is 14.7 Å². The first-order valence-electron chi connectivity index (χ1n) is 6.31. The van der Waals surface area contributed by atoms with Gasteiger partial charge in [0.1, 0.15) is 0 Å². The smallest absolute Gasteiger partial charge is 0.294 e. The van der Waals surface area contributed by atoms with Crippen molar-refractivity contribution >= 4 is 22.8 Å². The van der Waals surface area contributed by atoms with Gasteiger partial charge in [-0.25, -0.2) is 9.80 Å². The molecule has 0 aromatic carbocycles. The normalized spacial score (nSPS) is 18.4. The molecule has 0 radical (unpaired) electrons. The number of anilines is 1. The van der Waals surface area contributed by atoms with Crippen molar-refractivity contribution in [1.82, 2.24) is 18.7 Å². The lowest BCUT2D eigenvalue weighted by Crippen LogP contribution is -2.38. The molecule has 0 bridgehead atoms. The van der Waals surface area contributed by atoms with Crippen molar-refractivity contribution in [1.29, 1.82) is 0 Å². The van der Waals surface area contributed by atoms with Crippen LogP contribution in [-0.2, 0) is 14.1 Å². The number of hydrogen-bond acceptors (Lipinski definition) is 5. The molecule has 0 saturated heterocycles. The molecule has 3 rings (SSSR count). The largest absolute Gasteiger partial charge is 0.332 e. The van der Waals surface area contributed by atoms with Crippen LogP contribution in [0.2, 0.25) is 0 Å². The maximum absolute atomic E-state index is 12.4. The lowest BCUT2D eigenvalue weighted by Gasteiger charge is -2.26. The van der Waals surface area contributed by atoms with E-state index in [0.717, 1.165) is 10.3 Å². The van der Waals surface area contributed by atoms with E-state index >= 15 is 0 Å². The van der Waals surface area contributed by atoms with Gasteiger partial charge in [-0.05, 0) is 13.8 Å². The van der Waals surface area contributed by atoms with E-state index in [1.54, 1.807) is 19.1 Å². The van der Waals surface area contributed by atoms with Gasteiger partial charge in [-0.1, -0.05) is 0 Å². The fourth-order valence-corrected chi connectivity index (χ4v) is 2.55. The number of imidazole rings is 1. The van der Waals surface area contributed by atoms with E-state index in [9.17, 15) is 9.59 Å². The quantitative estimate of drug-likeness (QED) is 0.669. The fourth-order valence-electron chi connectivity index (χ4n) is 2.55. The van der Waals surface area contributed by atoms with Crippen LogP contribution < -0.4 is 16.3 Å². The van der Waals surface area contributed by atoms with E-state index in [4.69, 9.17) is 0 Å². The molecular formula is C12H16N6O2. The van der Waals surface area contributed by atoms with Crippen molar-refractivity contribution < 1.29 is 0 Å². The highest BCUT2D eigenvalue weighted by atomic mass is 16.2. The molecule has 3 heterocycles. The Bertz CT molecular complexity index is 869. The Balaban J connectivity index is 2.55. The fraction of sp³-hybridized carbons (Fsp3) is 0.500. The zero-order chi connectivity index (χ0) is 14.8. The molecule has 8 heteroatoms. The van der Waals surface area contributed by atoms with Crippen molar-refractivity contribution in [2.75, 3.05) is 12.1 Å². The van der Waals surface area contributed by atoms with Crippen molar-refractivity contribution in [3.63, 3.8) is 0 Å². The highest BCUT2D eigenvalue weighted by molar-refractivity contribution is 5.90. The standard InChI is InChI=1S/C12H16N6O2/c1-6-7(2)18-8-9(13-11(18)17(5)14-6)15(3)12(20)16(4)10(8)19/h7H,1-5H3/t7-/m0/s1. The molecule has 0 aliphatic carbocycles. The van der Waals surface area contributed by atoms with Crippen LogP contribution in [0.5, 0.6) is 0 Å². The van der Waals surface area contributed by atoms with Gasteiger partial charge >= 0.3 is 5.69 Å². The number of hydrogen-bond donors (Lipinski definition) is 0. The molecule has 0 saturated carbocycles. The Morgan fingerprint density at radius 3 is 2.40 bits per heavy atom. The van der Waals surface area contributed by atoms with Crippen molar-refractivity contribution in [3.05, 3.63) is 20.8 Å². The molecule has 0 N–H and O–H groups in total. The van der Waals surface area contributed by atoms with Gasteiger partial charge in [0.15, 0.2) is 11.2 Å². The van der Waals surface area contributed by atoms with Gasteiger partial charge in [0.2, 0.25) is 5.95 Å². The Labute approximate surface area is 114 Å². The minimum absolute atomic E-state index is 0.0728. The van der Waals surface area contributed by atoms with Gasteiger partial charge < -0.3 is 0 Å². The highest BCUT2D eigenvalue weighted by Crippen LogP contribution is 2.28. The zero-order valence-electron chi connectivity index (χ0n) is 12.1. The Hall–Kier alpha value is -2.38. The average molecular weight is 276 g/mol. The van der Waals surface area contributed by atoms with Gasteiger partial charge in [0.25, 0.3) is 5.56 Å². The Kier molecular flexibility index (Phi) is 2.41. The number of aromatic nitrogens is 4. The van der Waals surface area contributed by atoms with Crippen LogP contribution >= 0.6 is 0 Å². The van der Waals surface area contributed by atoms with Crippen molar-refractivity contribution in [2.45, 2.75) is 19.9 Å². The summed E-state index contributed by atoms with van der Waals surface area (Å²) in [7, 11) is 4.86. The molecule has 0 spiro atoms. The van der Waals surface area contributed by atoms with Gasteiger partial charge in [0, 0.05) is 21.1 Å². The molecule has 0 fully saturated rings. The van der Waals surface area contributed by atoms with Crippen LogP contribution in [0, 0.1) is 0 Å². The molecule has 1 atom stereocenters. The van der Waals surface area contributed by atoms with Crippen LogP contribution in [0.4, 0.5) is 5.95 Å². The summed E-state index contributed by atoms with van der Waals surface area (Å²) < 4.78 is 4.32. The number of hydrazone groups is 1. The zero-order valence-corrected chi connectivity index (χ0v) is 12.1. The summed E-state index contributed by atoms with van der Waals surface area (Å²) in [6.45, 7) is 3.86. The lowest BCUT2D eigenvalue weighted by molar-refractivity contribution is 0.654. The average Bonchev–Trinajstić information content (AvgIpc) is 2.81. The molecule has 2 aromatic rings. The van der Waals surface area contributed by atoms with Crippen molar-refractivity contribution in [3.8, 4) is 0 Å². The van der Waals surface area contributed by atoms with Crippen LogP contribution in [0.25, 0.3) is 11.2 Å². The molecule has 1 aliphatic heterocycles. The summed E-state index contributed by atoms with van der Waals surface area (Å²) in [5.74, 6) is 0.566. The van der Waals surface area contributed by atoms with E-state index in [0.29, 0.717) is 17.1 Å². The molecule has 1 aliphatic rings. The van der Waals surface area contributed by atoms with E-state index in [1.807, 2.05) is 18.4 Å². The predicted octanol–water partition coefficient (Wildman–Crippen LogP) is -0.180. The van der Waals surface area contributed by atoms with E-state index in [2.05, 4.69) is 10.1 Å². The second kappa shape index (κ2) is 3.81. The van der Waals surface area contributed by atoms with E-state index in [1.165, 1.54) is 11.6 Å². The molecule has 2 aromatic heterocycles. The van der Waals surface area contributed by atoms with Crippen LogP contribution in [0.1, 0.15) is 19.9 Å². The third-order valence-corrected chi connectivity index (χ3v) is 3.86. The number of rotatable bonds is 0. The summed E-state index contributed by atoms with van der Waals surface area (Å²) in [6.07, 6.45) is 0. The summed E-state index contributed by atoms with van der Waals surface area (Å²) >= 11 is 0. The third kappa shape index (κ3) is 1.36. The van der Waals surface area contributed by atoms with Gasteiger partial charge in [-0.15, -0.1) is 0 Å². The molecule has 0 amide bonds. The van der Waals surface area contributed by atoms with Gasteiger partial charge in [-0.2, -0.15) is 10.1 Å². The second-order valence-corrected chi connectivity index (χ2v) is 5.10. The monoisotopic (exact) mass is 276 g/mol. The number of fused-ring (bicyclic) bond motifs is 3. The number of nitrogens with zero attached hydrogens (tertiary/aromatic N) is 6. The van der Waals surface area contributed by atoms with Crippen LogP contribution in [0.3, 0.4) is 0 Å². The maximum atomic E-state index is 12.4. The summed E-state index contributed by atoms with van der Waals surface area (Å²) in [6, 6.07) is -0.0728. The summed E-state index contributed by atoms with van der Waals surface area (Å²) in [4.78, 5) is 28.8. The minimum Gasteiger partial charge on any atom is -0.294 e. The predicted molar refractivity (Wildman–Crippen MR) is 76.4 cm³/mol. The third-order valence-electron chi connectivity index (χ3n) is 3.86. The van der Waals surface area contributed by atoms with Crippen molar-refractivity contribution in [2.24, 2.45) is 19.2 Å². The molecular weight excluding hydrogens is 260 g/mol. The Morgan fingerprint density at radius 1 is 1.10 bits per heavy atom. The first-order valence-corrected chi connectivity index (χ1v) is 6.31. The van der Waals surface area contributed by atoms with Gasteiger partial charge in [-0.3, -0.25) is 18.5 Å². The lowest BCUT2D eigenvalue weighted by atomic mass is 10.2. The highest BCUT2D eigenvalue weighted by Gasteiger charge is 2.28. The first kappa shape index (κ1) is 12.6. The molecule has 0 unspecified atom stereocenters. The van der Waals surface area contributed by atoms with E-state index in [-0.39, 0.29) is 17.3 Å². The maximum Gasteiger partial charge on any atom is 0.332 e. The van der Waals surface area contributed by atoms with E-state index < -0.39 is 0 Å². The summed E-state index contributed by atoms with van der Waals surface area (Å²) in [5.41, 5.74) is 0.979. The molecule has 8 nitrogen and oxygen atoms in total. The first-order chi connectivity index (χ1) is 9.34. The molecule has 106 valence electrons. The molecule has 20 heavy (non-hydrogen) atoms. The summed E-state index contributed by atoms with van der Waals surface area (Å²) in [5, 5.41) is 6.00. The number of aryl methyl sites for hydroxylation is 1. The Morgan fingerprint density at radius 2 is 1.75 bits per heavy atom. The second-order valence-electron chi connectivity index (χ2n) is 5.10. The minimum atomic E-state index is -0.383. The topological polar surface area (TPSA) is 77.4 Å². The SMILES string of the molecule is CC1=NN(C)c2nc3c(c(=O)n(C)c(=O)n3C)n2[C@H]1C.